The highest BCUT2D eigenvalue weighted by Crippen LogP contribution is 2.27. The van der Waals surface area contributed by atoms with Crippen molar-refractivity contribution in [1.82, 2.24) is 0 Å². The second kappa shape index (κ2) is 8.34. The first-order valence-corrected chi connectivity index (χ1v) is 7.49. The molecular weight excluding hydrogens is 224 g/mol. The molecular formula is C16H28O2. The lowest BCUT2D eigenvalue weighted by molar-refractivity contribution is -0.143. The largest absolute Gasteiger partial charge is 0.481 e. The standard InChI is InChI=1S/C16H28O2/c1-13(2)15(16(17)18)12-8-4-7-11-14-9-5-3-6-10-14/h4,8,13-15H,3,5-7,9-12H2,1-2H3,(H,17,18). The molecule has 1 saturated carbocycles. The maximum atomic E-state index is 11.0. The summed E-state index contributed by atoms with van der Waals surface area (Å²) in [5.74, 6) is 0.243. The number of carboxylic acid groups (broad SMARTS) is 1. The SMILES string of the molecule is CC(C)C(CC=CCCC1CCCCC1)C(=O)O. The van der Waals surface area contributed by atoms with Crippen molar-refractivity contribution in [3.63, 3.8) is 0 Å². The van der Waals surface area contributed by atoms with Crippen LogP contribution in [0.1, 0.15) is 65.2 Å². The number of aliphatic carboxylic acids is 1. The van der Waals surface area contributed by atoms with E-state index in [1.54, 1.807) is 0 Å². The molecule has 1 unspecified atom stereocenters. The molecule has 1 atom stereocenters. The summed E-state index contributed by atoms with van der Waals surface area (Å²) in [6, 6.07) is 0. The Bertz CT molecular complexity index is 262. The molecule has 0 bridgehead atoms. The molecule has 104 valence electrons. The van der Waals surface area contributed by atoms with Gasteiger partial charge in [-0.3, -0.25) is 4.79 Å². The van der Waals surface area contributed by atoms with Crippen molar-refractivity contribution < 1.29 is 9.90 Å². The first-order chi connectivity index (χ1) is 8.61. The molecule has 0 aliphatic heterocycles. The smallest absolute Gasteiger partial charge is 0.307 e. The van der Waals surface area contributed by atoms with Crippen LogP contribution >= 0.6 is 0 Å². The summed E-state index contributed by atoms with van der Waals surface area (Å²) in [7, 11) is 0. The highest BCUT2D eigenvalue weighted by Gasteiger charge is 2.19. The van der Waals surface area contributed by atoms with E-state index < -0.39 is 5.97 Å². The topological polar surface area (TPSA) is 37.3 Å². The van der Waals surface area contributed by atoms with Crippen LogP contribution in [0.3, 0.4) is 0 Å². The molecule has 0 radical (unpaired) electrons. The Labute approximate surface area is 111 Å². The van der Waals surface area contributed by atoms with Crippen LogP contribution in [0.15, 0.2) is 12.2 Å². The molecule has 1 N–H and O–H groups in total. The van der Waals surface area contributed by atoms with Gasteiger partial charge >= 0.3 is 5.97 Å². The molecule has 0 heterocycles. The van der Waals surface area contributed by atoms with Gasteiger partial charge in [-0.2, -0.15) is 0 Å². The lowest BCUT2D eigenvalue weighted by atomic mass is 9.86. The summed E-state index contributed by atoms with van der Waals surface area (Å²) in [4.78, 5) is 11.0. The molecule has 0 aromatic carbocycles. The van der Waals surface area contributed by atoms with Gasteiger partial charge in [0.15, 0.2) is 0 Å². The van der Waals surface area contributed by atoms with Crippen molar-refractivity contribution >= 4 is 5.97 Å². The van der Waals surface area contributed by atoms with Crippen molar-refractivity contribution in [3.8, 4) is 0 Å². The Hall–Kier alpha value is -0.790. The van der Waals surface area contributed by atoms with E-state index in [0.717, 1.165) is 12.3 Å². The monoisotopic (exact) mass is 252 g/mol. The lowest BCUT2D eigenvalue weighted by Gasteiger charge is -2.20. The Morgan fingerprint density at radius 2 is 1.89 bits per heavy atom. The predicted molar refractivity (Wildman–Crippen MR) is 75.5 cm³/mol. The van der Waals surface area contributed by atoms with E-state index in [1.165, 1.54) is 38.5 Å². The van der Waals surface area contributed by atoms with Crippen molar-refractivity contribution in [1.29, 1.82) is 0 Å². The molecule has 1 fully saturated rings. The summed E-state index contributed by atoms with van der Waals surface area (Å²) >= 11 is 0. The van der Waals surface area contributed by atoms with Gasteiger partial charge in [0.1, 0.15) is 0 Å². The molecule has 0 aromatic rings. The molecule has 0 saturated heterocycles. The van der Waals surface area contributed by atoms with Crippen molar-refractivity contribution in [2.75, 3.05) is 0 Å². The molecule has 0 aromatic heterocycles. The highest BCUT2D eigenvalue weighted by molar-refractivity contribution is 5.70. The molecule has 0 amide bonds. The zero-order chi connectivity index (χ0) is 13.4. The van der Waals surface area contributed by atoms with E-state index in [2.05, 4.69) is 12.2 Å². The molecule has 2 nitrogen and oxygen atoms in total. The number of hydrogen-bond acceptors (Lipinski definition) is 1. The molecule has 0 spiro atoms. The van der Waals surface area contributed by atoms with Crippen LogP contribution in [0.2, 0.25) is 0 Å². The lowest BCUT2D eigenvalue weighted by Crippen LogP contribution is -2.18. The van der Waals surface area contributed by atoms with Crippen LogP contribution in [0.5, 0.6) is 0 Å². The van der Waals surface area contributed by atoms with E-state index in [1.807, 2.05) is 13.8 Å². The second-order valence-electron chi connectivity index (χ2n) is 5.98. The summed E-state index contributed by atoms with van der Waals surface area (Å²) < 4.78 is 0. The summed E-state index contributed by atoms with van der Waals surface area (Å²) in [5.41, 5.74) is 0. The van der Waals surface area contributed by atoms with E-state index in [-0.39, 0.29) is 11.8 Å². The van der Waals surface area contributed by atoms with Gasteiger partial charge in [0, 0.05) is 0 Å². The van der Waals surface area contributed by atoms with Gasteiger partial charge in [-0.05, 0) is 31.1 Å². The summed E-state index contributed by atoms with van der Waals surface area (Å²) in [6.07, 6.45) is 14.4. The normalized spacial score (nSPS) is 19.5. The average molecular weight is 252 g/mol. The highest BCUT2D eigenvalue weighted by atomic mass is 16.4. The van der Waals surface area contributed by atoms with Gasteiger partial charge in [-0.15, -0.1) is 0 Å². The molecule has 18 heavy (non-hydrogen) atoms. The van der Waals surface area contributed by atoms with Crippen LogP contribution in [0, 0.1) is 17.8 Å². The molecule has 1 aliphatic carbocycles. The average Bonchev–Trinajstić information content (AvgIpc) is 2.34. The quantitative estimate of drug-likeness (QED) is 0.670. The Morgan fingerprint density at radius 3 is 2.44 bits per heavy atom. The Balaban J connectivity index is 2.17. The van der Waals surface area contributed by atoms with Gasteiger partial charge in [-0.1, -0.05) is 58.1 Å². The molecule has 1 rings (SSSR count). The van der Waals surface area contributed by atoms with Crippen molar-refractivity contribution in [3.05, 3.63) is 12.2 Å². The predicted octanol–water partition coefficient (Wildman–Crippen LogP) is 4.65. The van der Waals surface area contributed by atoms with Gasteiger partial charge in [0.25, 0.3) is 0 Å². The third-order valence-electron chi connectivity index (χ3n) is 4.14. The zero-order valence-electron chi connectivity index (χ0n) is 11.9. The van der Waals surface area contributed by atoms with Crippen molar-refractivity contribution in [2.24, 2.45) is 17.8 Å². The third-order valence-corrected chi connectivity index (χ3v) is 4.14. The van der Waals surface area contributed by atoms with E-state index in [0.29, 0.717) is 6.42 Å². The Morgan fingerprint density at radius 1 is 1.22 bits per heavy atom. The van der Waals surface area contributed by atoms with Gasteiger partial charge in [0.2, 0.25) is 0 Å². The van der Waals surface area contributed by atoms with Gasteiger partial charge < -0.3 is 5.11 Å². The van der Waals surface area contributed by atoms with E-state index >= 15 is 0 Å². The second-order valence-corrected chi connectivity index (χ2v) is 5.98. The first kappa shape index (κ1) is 15.3. The number of carboxylic acids is 1. The van der Waals surface area contributed by atoms with E-state index in [4.69, 9.17) is 5.11 Å². The maximum absolute atomic E-state index is 11.0. The minimum atomic E-state index is -0.665. The van der Waals surface area contributed by atoms with Gasteiger partial charge in [-0.25, -0.2) is 0 Å². The van der Waals surface area contributed by atoms with Crippen LogP contribution in [0.25, 0.3) is 0 Å². The minimum absolute atomic E-state index is 0.213. The van der Waals surface area contributed by atoms with Crippen LogP contribution in [-0.2, 0) is 4.79 Å². The summed E-state index contributed by atoms with van der Waals surface area (Å²) in [6.45, 7) is 3.96. The fraction of sp³-hybridized carbons (Fsp3) is 0.812. The maximum Gasteiger partial charge on any atom is 0.307 e. The number of rotatable bonds is 7. The number of carbonyl (C=O) groups is 1. The fourth-order valence-electron chi connectivity index (χ4n) is 2.83. The van der Waals surface area contributed by atoms with Crippen molar-refractivity contribution in [2.45, 2.75) is 65.2 Å². The van der Waals surface area contributed by atoms with Crippen LogP contribution in [-0.4, -0.2) is 11.1 Å². The fourth-order valence-corrected chi connectivity index (χ4v) is 2.83. The minimum Gasteiger partial charge on any atom is -0.481 e. The first-order valence-electron chi connectivity index (χ1n) is 7.49. The molecule has 2 heteroatoms. The number of allylic oxidation sites excluding steroid dienone is 2. The summed E-state index contributed by atoms with van der Waals surface area (Å²) in [5, 5.41) is 9.07. The molecule has 1 aliphatic rings. The van der Waals surface area contributed by atoms with Gasteiger partial charge in [0.05, 0.1) is 5.92 Å². The Kier molecular flexibility index (Phi) is 7.07. The number of hydrogen-bond donors (Lipinski definition) is 1. The van der Waals surface area contributed by atoms with Crippen LogP contribution in [0.4, 0.5) is 0 Å². The van der Waals surface area contributed by atoms with E-state index in [9.17, 15) is 4.79 Å². The third kappa shape index (κ3) is 5.70. The van der Waals surface area contributed by atoms with Crippen LogP contribution < -0.4 is 0 Å². The zero-order valence-corrected chi connectivity index (χ0v) is 11.9.